The van der Waals surface area contributed by atoms with Gasteiger partial charge in [-0.1, -0.05) is 42.5 Å². The first-order valence-electron chi connectivity index (χ1n) is 11.8. The minimum atomic E-state index is -0.762. The maximum Gasteiger partial charge on any atom is 0.344 e. The maximum atomic E-state index is 12.4. The van der Waals surface area contributed by atoms with Gasteiger partial charge < -0.3 is 14.2 Å². The number of carbonyl (C=O) groups excluding carboxylic acids is 2. The van der Waals surface area contributed by atoms with Crippen molar-refractivity contribution in [1.29, 1.82) is 0 Å². The minimum absolute atomic E-state index is 0.394. The zero-order valence-corrected chi connectivity index (χ0v) is 22.1. The topological polar surface area (TPSA) is 86.2 Å². The summed E-state index contributed by atoms with van der Waals surface area (Å²) in [6, 6.07) is 30.7. The maximum absolute atomic E-state index is 12.4. The molecule has 0 spiro atoms. The van der Waals surface area contributed by atoms with E-state index in [0.717, 1.165) is 5.56 Å². The van der Waals surface area contributed by atoms with Gasteiger partial charge in [0.15, 0.2) is 6.10 Å². The van der Waals surface area contributed by atoms with E-state index in [1.165, 1.54) is 6.21 Å². The van der Waals surface area contributed by atoms with Crippen LogP contribution in [0.4, 0.5) is 0 Å². The van der Waals surface area contributed by atoms with Gasteiger partial charge in [-0.3, -0.25) is 4.79 Å². The van der Waals surface area contributed by atoms with Gasteiger partial charge in [0.1, 0.15) is 23.9 Å². The van der Waals surface area contributed by atoms with Gasteiger partial charge in [-0.25, -0.2) is 10.2 Å². The van der Waals surface area contributed by atoms with Crippen LogP contribution in [0.5, 0.6) is 17.2 Å². The van der Waals surface area contributed by atoms with Gasteiger partial charge in [0.05, 0.1) is 11.8 Å². The van der Waals surface area contributed by atoms with E-state index in [0.29, 0.717) is 39.5 Å². The molecule has 4 rings (SSSR count). The molecule has 0 aliphatic heterocycles. The molecule has 4 aromatic rings. The zero-order chi connectivity index (χ0) is 26.7. The third-order valence-corrected chi connectivity index (χ3v) is 6.02. The summed E-state index contributed by atoms with van der Waals surface area (Å²) in [5.41, 5.74) is 4.69. The Bertz CT molecular complexity index is 1390. The fourth-order valence-electron chi connectivity index (χ4n) is 3.29. The van der Waals surface area contributed by atoms with Gasteiger partial charge >= 0.3 is 5.97 Å². The van der Waals surface area contributed by atoms with Crippen molar-refractivity contribution < 1.29 is 23.8 Å². The molecule has 0 aliphatic rings. The Balaban J connectivity index is 1.22. The van der Waals surface area contributed by atoms with Crippen molar-refractivity contribution in [2.75, 3.05) is 0 Å². The second-order valence-corrected chi connectivity index (χ2v) is 9.03. The fraction of sp³-hybridized carbons (Fsp3) is 0.100. The Morgan fingerprint density at radius 1 is 0.842 bits per heavy atom. The molecule has 4 aromatic carbocycles. The number of nitrogens with zero attached hydrogens (tertiary/aromatic N) is 1. The number of hydrogen-bond donors (Lipinski definition) is 1. The Kier molecular flexibility index (Phi) is 9.26. The molecule has 0 radical (unpaired) electrons. The standard InChI is InChI=1S/C30H25BrN2O5/c1-21(37-25-17-15-24(16-18-25)36-20-23-7-3-2-4-8-23)29(34)33-32-19-22-11-13-26(14-12-22)38-30(35)27-9-5-6-10-28(27)31/h2-19,21H,20H2,1H3,(H,33,34). The number of hydrazone groups is 1. The lowest BCUT2D eigenvalue weighted by Gasteiger charge is -2.13. The first-order valence-corrected chi connectivity index (χ1v) is 12.6. The Morgan fingerprint density at radius 2 is 1.47 bits per heavy atom. The third-order valence-electron chi connectivity index (χ3n) is 5.33. The molecule has 0 fully saturated rings. The van der Waals surface area contributed by atoms with Crippen molar-refractivity contribution >= 4 is 34.0 Å². The molecule has 0 aliphatic carbocycles. The van der Waals surface area contributed by atoms with Crippen LogP contribution in [-0.2, 0) is 11.4 Å². The Morgan fingerprint density at radius 3 is 2.18 bits per heavy atom. The third kappa shape index (κ3) is 7.78. The van der Waals surface area contributed by atoms with Gasteiger partial charge in [-0.2, -0.15) is 5.10 Å². The van der Waals surface area contributed by atoms with E-state index in [1.807, 2.05) is 36.4 Å². The van der Waals surface area contributed by atoms with Gasteiger partial charge in [0.2, 0.25) is 0 Å². The number of amides is 1. The summed E-state index contributed by atoms with van der Waals surface area (Å²) in [6.45, 7) is 2.11. The number of rotatable bonds is 10. The van der Waals surface area contributed by atoms with Crippen LogP contribution in [-0.4, -0.2) is 24.2 Å². The SMILES string of the molecule is CC(Oc1ccc(OCc2ccccc2)cc1)C(=O)NN=Cc1ccc(OC(=O)c2ccccc2Br)cc1. The van der Waals surface area contributed by atoms with E-state index in [1.54, 1.807) is 73.7 Å². The van der Waals surface area contributed by atoms with E-state index in [-0.39, 0.29) is 0 Å². The highest BCUT2D eigenvalue weighted by atomic mass is 79.9. The summed E-state index contributed by atoms with van der Waals surface area (Å²) in [5, 5.41) is 3.98. The van der Waals surface area contributed by atoms with E-state index in [2.05, 4.69) is 26.5 Å². The molecule has 38 heavy (non-hydrogen) atoms. The monoisotopic (exact) mass is 572 g/mol. The fourth-order valence-corrected chi connectivity index (χ4v) is 3.73. The lowest BCUT2D eigenvalue weighted by atomic mass is 10.2. The summed E-state index contributed by atoms with van der Waals surface area (Å²) in [6.07, 6.45) is 0.727. The zero-order valence-electron chi connectivity index (χ0n) is 20.5. The molecule has 0 bridgehead atoms. The van der Waals surface area contributed by atoms with Crippen LogP contribution in [0.3, 0.4) is 0 Å². The predicted molar refractivity (Wildman–Crippen MR) is 149 cm³/mol. The van der Waals surface area contributed by atoms with Crippen LogP contribution in [0.1, 0.15) is 28.4 Å². The number of ether oxygens (including phenoxy) is 3. The number of nitrogens with one attached hydrogen (secondary N) is 1. The normalized spacial score (nSPS) is 11.5. The molecule has 0 saturated heterocycles. The van der Waals surface area contributed by atoms with Gasteiger partial charge in [-0.05, 0) is 94.6 Å². The highest BCUT2D eigenvalue weighted by molar-refractivity contribution is 9.10. The molecule has 0 heterocycles. The van der Waals surface area contributed by atoms with Crippen LogP contribution in [0.15, 0.2) is 113 Å². The number of halogens is 1. The highest BCUT2D eigenvalue weighted by Crippen LogP contribution is 2.21. The van der Waals surface area contributed by atoms with E-state index < -0.39 is 18.0 Å². The van der Waals surface area contributed by atoms with Crippen LogP contribution in [0.2, 0.25) is 0 Å². The molecule has 8 heteroatoms. The van der Waals surface area contributed by atoms with Gasteiger partial charge in [-0.15, -0.1) is 0 Å². The quantitative estimate of drug-likeness (QED) is 0.106. The van der Waals surface area contributed by atoms with Crippen LogP contribution >= 0.6 is 15.9 Å². The van der Waals surface area contributed by atoms with Crippen molar-refractivity contribution in [3.05, 3.63) is 124 Å². The van der Waals surface area contributed by atoms with Gasteiger partial charge in [0, 0.05) is 4.47 Å². The summed E-state index contributed by atoms with van der Waals surface area (Å²) < 4.78 is 17.5. The Hall–Kier alpha value is -4.43. The molecular formula is C30H25BrN2O5. The van der Waals surface area contributed by atoms with Crippen molar-refractivity contribution in [1.82, 2.24) is 5.43 Å². The van der Waals surface area contributed by atoms with Crippen molar-refractivity contribution in [2.45, 2.75) is 19.6 Å². The molecule has 7 nitrogen and oxygen atoms in total. The van der Waals surface area contributed by atoms with Crippen LogP contribution in [0.25, 0.3) is 0 Å². The average molecular weight is 573 g/mol. The van der Waals surface area contributed by atoms with Gasteiger partial charge in [0.25, 0.3) is 5.91 Å². The molecular weight excluding hydrogens is 548 g/mol. The number of benzene rings is 4. The first kappa shape index (κ1) is 26.6. The second kappa shape index (κ2) is 13.2. The number of hydrogen-bond acceptors (Lipinski definition) is 6. The van der Waals surface area contributed by atoms with E-state index in [9.17, 15) is 9.59 Å². The summed E-state index contributed by atoms with van der Waals surface area (Å²) >= 11 is 3.34. The first-order chi connectivity index (χ1) is 18.5. The Labute approximate surface area is 229 Å². The average Bonchev–Trinajstić information content (AvgIpc) is 2.94. The summed E-state index contributed by atoms with van der Waals surface area (Å²) in [4.78, 5) is 24.7. The largest absolute Gasteiger partial charge is 0.489 e. The van der Waals surface area contributed by atoms with Crippen molar-refractivity contribution in [3.63, 3.8) is 0 Å². The van der Waals surface area contributed by atoms with Crippen LogP contribution < -0.4 is 19.6 Å². The molecule has 1 atom stereocenters. The van der Waals surface area contributed by atoms with Crippen molar-refractivity contribution in [3.8, 4) is 17.2 Å². The van der Waals surface area contributed by atoms with E-state index >= 15 is 0 Å². The second-order valence-electron chi connectivity index (χ2n) is 8.18. The van der Waals surface area contributed by atoms with E-state index in [4.69, 9.17) is 14.2 Å². The molecule has 0 saturated carbocycles. The lowest BCUT2D eigenvalue weighted by Crippen LogP contribution is -2.33. The van der Waals surface area contributed by atoms with Crippen LogP contribution in [0, 0.1) is 0 Å². The minimum Gasteiger partial charge on any atom is -0.489 e. The molecule has 1 N–H and O–H groups in total. The lowest BCUT2D eigenvalue weighted by molar-refractivity contribution is -0.127. The van der Waals surface area contributed by atoms with Crippen molar-refractivity contribution in [2.24, 2.45) is 5.10 Å². The number of esters is 1. The smallest absolute Gasteiger partial charge is 0.344 e. The number of carbonyl (C=O) groups is 2. The predicted octanol–water partition coefficient (Wildman–Crippen LogP) is 6.16. The highest BCUT2D eigenvalue weighted by Gasteiger charge is 2.14. The molecule has 192 valence electrons. The molecule has 0 aromatic heterocycles. The summed E-state index contributed by atoms with van der Waals surface area (Å²) in [5.74, 6) is 0.776. The molecule has 1 unspecified atom stereocenters. The molecule has 1 amide bonds. The summed E-state index contributed by atoms with van der Waals surface area (Å²) in [7, 11) is 0.